The van der Waals surface area contributed by atoms with Crippen LogP contribution in [0.2, 0.25) is 0 Å². The van der Waals surface area contributed by atoms with Crippen molar-refractivity contribution in [3.8, 4) is 11.3 Å². The predicted molar refractivity (Wildman–Crippen MR) is 142 cm³/mol. The third-order valence-corrected chi connectivity index (χ3v) is 9.12. The van der Waals surface area contributed by atoms with Gasteiger partial charge in [0.15, 0.2) is 5.65 Å². The Morgan fingerprint density at radius 2 is 1.97 bits per heavy atom. The number of aryl methyl sites for hydroxylation is 1. The Labute approximate surface area is 218 Å². The van der Waals surface area contributed by atoms with Crippen molar-refractivity contribution in [3.63, 3.8) is 0 Å². The first-order valence-electron chi connectivity index (χ1n) is 11.9. The second kappa shape index (κ2) is 10.1. The van der Waals surface area contributed by atoms with Gasteiger partial charge >= 0.3 is 0 Å². The summed E-state index contributed by atoms with van der Waals surface area (Å²) in [4.78, 5) is 17.0. The number of carbonyl (C=O) groups is 1. The van der Waals surface area contributed by atoms with Crippen LogP contribution in [0.3, 0.4) is 0 Å². The van der Waals surface area contributed by atoms with E-state index in [-0.39, 0.29) is 23.2 Å². The van der Waals surface area contributed by atoms with E-state index < -0.39 is 15.7 Å². The van der Waals surface area contributed by atoms with Gasteiger partial charge < -0.3 is 11.1 Å². The van der Waals surface area contributed by atoms with Gasteiger partial charge in [-0.25, -0.2) is 22.3 Å². The molecule has 4 aromatic rings. The summed E-state index contributed by atoms with van der Waals surface area (Å²) in [6.45, 7) is 2.43. The van der Waals surface area contributed by atoms with E-state index in [4.69, 9.17) is 10.8 Å². The van der Waals surface area contributed by atoms with Crippen LogP contribution in [0.25, 0.3) is 16.9 Å². The van der Waals surface area contributed by atoms with Gasteiger partial charge in [-0.05, 0) is 67.6 Å². The summed E-state index contributed by atoms with van der Waals surface area (Å²) in [6.07, 6.45) is 2.95. The highest BCUT2D eigenvalue weighted by molar-refractivity contribution is 7.99. The summed E-state index contributed by atoms with van der Waals surface area (Å²) < 4.78 is 39.2. The van der Waals surface area contributed by atoms with Crippen LogP contribution in [0, 0.1) is 18.7 Å². The smallest absolute Gasteiger partial charge is 0.248 e. The number of aromatic nitrogens is 3. The van der Waals surface area contributed by atoms with E-state index in [9.17, 15) is 17.6 Å². The first-order chi connectivity index (χ1) is 17.7. The first kappa shape index (κ1) is 25.2. The molecule has 192 valence electrons. The molecule has 0 spiro atoms. The maximum atomic E-state index is 13.8. The van der Waals surface area contributed by atoms with Crippen LogP contribution < -0.4 is 11.1 Å². The van der Waals surface area contributed by atoms with E-state index in [2.05, 4.69) is 10.3 Å². The van der Waals surface area contributed by atoms with Gasteiger partial charge in [0.2, 0.25) is 5.91 Å². The lowest BCUT2D eigenvalue weighted by atomic mass is 10.0. The fourth-order valence-electron chi connectivity index (χ4n) is 4.47. The molecule has 0 saturated carbocycles. The van der Waals surface area contributed by atoms with Crippen molar-refractivity contribution in [2.45, 2.75) is 29.7 Å². The molecule has 1 fully saturated rings. The molecular formula is C26H26FN5O3S2. The zero-order valence-electron chi connectivity index (χ0n) is 20.1. The third kappa shape index (κ3) is 5.62. The molecule has 1 aliphatic heterocycles. The Balaban J connectivity index is 1.52. The van der Waals surface area contributed by atoms with E-state index >= 15 is 0 Å². The summed E-state index contributed by atoms with van der Waals surface area (Å²) in [5.41, 5.74) is 9.56. The molecule has 0 radical (unpaired) electrons. The highest BCUT2D eigenvalue weighted by atomic mass is 32.2. The van der Waals surface area contributed by atoms with Crippen LogP contribution in [0.4, 0.5) is 10.1 Å². The van der Waals surface area contributed by atoms with Gasteiger partial charge in [-0.2, -0.15) is 5.10 Å². The van der Waals surface area contributed by atoms with Gasteiger partial charge in [0.05, 0.1) is 29.1 Å². The van der Waals surface area contributed by atoms with Gasteiger partial charge in [-0.15, -0.1) is 0 Å². The first-order valence-corrected chi connectivity index (χ1v) is 14.5. The van der Waals surface area contributed by atoms with Crippen molar-refractivity contribution in [3.05, 3.63) is 71.7 Å². The predicted octanol–water partition coefficient (Wildman–Crippen LogP) is 4.33. The summed E-state index contributed by atoms with van der Waals surface area (Å²) in [5, 5.41) is 8.87. The minimum atomic E-state index is -2.93. The van der Waals surface area contributed by atoms with Crippen molar-refractivity contribution in [1.82, 2.24) is 14.6 Å². The van der Waals surface area contributed by atoms with E-state index in [0.717, 1.165) is 22.5 Å². The molecule has 8 nitrogen and oxygen atoms in total. The summed E-state index contributed by atoms with van der Waals surface area (Å²) in [5.74, 6) is -0.171. The molecule has 3 heterocycles. The van der Waals surface area contributed by atoms with Crippen LogP contribution in [0.1, 0.15) is 28.8 Å². The number of benzene rings is 2. The SMILES string of the molecule is Cc1cc(-c2cnc3c(NCC4CCS(=O)(=O)CC4)cc(Sc4cccc(F)c4)nn23)ccc1C(N)=O. The number of primary amides is 1. The average Bonchev–Trinajstić information content (AvgIpc) is 3.27. The third-order valence-electron chi connectivity index (χ3n) is 6.51. The fourth-order valence-corrected chi connectivity index (χ4v) is 6.92. The Hall–Kier alpha value is -3.44. The number of nitrogens with two attached hydrogens (primary N) is 1. The fraction of sp³-hybridized carbons (Fsp3) is 0.269. The van der Waals surface area contributed by atoms with Gasteiger partial charge in [0.1, 0.15) is 20.7 Å². The molecule has 1 aliphatic rings. The number of nitrogens with zero attached hydrogens (tertiary/aromatic N) is 3. The number of nitrogens with one attached hydrogen (secondary N) is 1. The van der Waals surface area contributed by atoms with Gasteiger partial charge in [0, 0.05) is 22.6 Å². The molecule has 2 aromatic heterocycles. The van der Waals surface area contributed by atoms with Gasteiger partial charge in [-0.3, -0.25) is 4.79 Å². The number of anilines is 1. The van der Waals surface area contributed by atoms with Crippen LogP contribution in [0.15, 0.2) is 64.6 Å². The van der Waals surface area contributed by atoms with E-state index in [1.807, 2.05) is 25.1 Å². The van der Waals surface area contributed by atoms with Crippen LogP contribution in [-0.2, 0) is 9.84 Å². The number of fused-ring (bicyclic) bond motifs is 1. The van der Waals surface area contributed by atoms with Crippen molar-refractivity contribution < 1.29 is 17.6 Å². The van der Waals surface area contributed by atoms with Crippen LogP contribution in [0.5, 0.6) is 0 Å². The molecule has 0 bridgehead atoms. The molecule has 3 N–H and O–H groups in total. The number of hydrogen-bond acceptors (Lipinski definition) is 7. The quantitative estimate of drug-likeness (QED) is 0.359. The number of sulfone groups is 1. The normalized spacial score (nSPS) is 15.6. The molecule has 2 aromatic carbocycles. The molecule has 1 amide bonds. The molecule has 11 heteroatoms. The summed E-state index contributed by atoms with van der Waals surface area (Å²) in [7, 11) is -2.93. The molecule has 1 saturated heterocycles. The van der Waals surface area contributed by atoms with Crippen molar-refractivity contribution in [1.29, 1.82) is 0 Å². The number of imidazole rings is 1. The average molecular weight is 540 g/mol. The molecule has 0 unspecified atom stereocenters. The molecule has 5 rings (SSSR count). The number of amides is 1. The van der Waals surface area contributed by atoms with Crippen molar-refractivity contribution in [2.75, 3.05) is 23.4 Å². The van der Waals surface area contributed by atoms with Crippen molar-refractivity contribution in [2.24, 2.45) is 11.7 Å². The highest BCUT2D eigenvalue weighted by Crippen LogP contribution is 2.32. The maximum absolute atomic E-state index is 13.8. The highest BCUT2D eigenvalue weighted by Gasteiger charge is 2.24. The second-order valence-electron chi connectivity index (χ2n) is 9.20. The zero-order valence-corrected chi connectivity index (χ0v) is 21.8. The zero-order chi connectivity index (χ0) is 26.2. The lowest BCUT2D eigenvalue weighted by Gasteiger charge is -2.22. The molecule has 0 aliphatic carbocycles. The van der Waals surface area contributed by atoms with E-state index in [1.54, 1.807) is 28.9 Å². The Kier molecular flexibility index (Phi) is 6.91. The molecule has 37 heavy (non-hydrogen) atoms. The Morgan fingerprint density at radius 3 is 2.68 bits per heavy atom. The number of halogens is 1. The lowest BCUT2D eigenvalue weighted by molar-refractivity contribution is 0.0999. The van der Waals surface area contributed by atoms with Crippen LogP contribution in [-0.4, -0.2) is 47.0 Å². The number of carbonyl (C=O) groups excluding carboxylic acids is 1. The molecule has 0 atom stereocenters. The van der Waals surface area contributed by atoms with Gasteiger partial charge in [0.25, 0.3) is 0 Å². The van der Waals surface area contributed by atoms with E-state index in [1.165, 1.54) is 23.9 Å². The maximum Gasteiger partial charge on any atom is 0.248 e. The Morgan fingerprint density at radius 1 is 1.19 bits per heavy atom. The number of hydrogen-bond donors (Lipinski definition) is 2. The minimum absolute atomic E-state index is 0.208. The van der Waals surface area contributed by atoms with Crippen molar-refractivity contribution >= 4 is 38.8 Å². The van der Waals surface area contributed by atoms with Crippen LogP contribution >= 0.6 is 11.8 Å². The summed E-state index contributed by atoms with van der Waals surface area (Å²) in [6, 6.07) is 13.6. The lowest BCUT2D eigenvalue weighted by Crippen LogP contribution is -2.27. The minimum Gasteiger partial charge on any atom is -0.382 e. The van der Waals surface area contributed by atoms with E-state index in [0.29, 0.717) is 40.5 Å². The largest absolute Gasteiger partial charge is 0.382 e. The standard InChI is InChI=1S/C26H26FN5O3S2/c1-16-11-18(5-6-21(16)25(28)33)23-15-30-26-22(29-14-17-7-9-37(34,35)10-8-17)13-24(31-32(23)26)36-20-4-2-3-19(27)12-20/h2-6,11-13,15,17,29H,7-10,14H2,1H3,(H2,28,33). The monoisotopic (exact) mass is 539 g/mol. The summed E-state index contributed by atoms with van der Waals surface area (Å²) >= 11 is 1.33. The topological polar surface area (TPSA) is 119 Å². The number of rotatable bonds is 7. The Bertz CT molecular complexity index is 1590. The second-order valence-corrected chi connectivity index (χ2v) is 12.6. The van der Waals surface area contributed by atoms with Gasteiger partial charge in [-0.1, -0.05) is 23.9 Å². The molecular weight excluding hydrogens is 513 g/mol.